The SMILES string of the molecule is C[CH2][Hg]1([Cl])[NH]CC[NH]1. The van der Waals surface area contributed by atoms with E-state index in [0.717, 1.165) is 17.0 Å². The molecule has 4 heteroatoms. The van der Waals surface area contributed by atoms with E-state index in [1.165, 1.54) is 0 Å². The third-order valence-electron chi connectivity index (χ3n) is 1.96. The molecule has 2 nitrogen and oxygen atoms in total. The van der Waals surface area contributed by atoms with Crippen LogP contribution in [0.4, 0.5) is 0 Å². The van der Waals surface area contributed by atoms with Gasteiger partial charge in [-0.05, 0) is 0 Å². The van der Waals surface area contributed by atoms with Crippen molar-refractivity contribution >= 4 is 8.25 Å². The van der Waals surface area contributed by atoms with E-state index in [1.54, 1.807) is 0 Å². The summed E-state index contributed by atoms with van der Waals surface area (Å²) in [4.78, 5) is 0. The second-order valence-corrected chi connectivity index (χ2v) is 27.2. The van der Waals surface area contributed by atoms with E-state index in [1.807, 2.05) is 0 Å². The molecule has 0 aromatic heterocycles. The van der Waals surface area contributed by atoms with Crippen LogP contribution < -0.4 is 6.16 Å². The Balaban J connectivity index is 2.40. The number of hydrogen-bond acceptors (Lipinski definition) is 2. The summed E-state index contributed by atoms with van der Waals surface area (Å²) in [6.07, 6.45) is 0. The first-order valence-corrected chi connectivity index (χ1v) is 19.5. The normalized spacial score (nSPS) is 22.2. The molecule has 46 valence electrons. The van der Waals surface area contributed by atoms with Crippen LogP contribution in [0.5, 0.6) is 0 Å². The van der Waals surface area contributed by atoms with Gasteiger partial charge in [0.1, 0.15) is 0 Å². The van der Waals surface area contributed by atoms with Crippen LogP contribution in [-0.4, -0.2) is 13.1 Å². The van der Waals surface area contributed by atoms with Crippen molar-refractivity contribution in [1.29, 1.82) is 0 Å². The van der Waals surface area contributed by atoms with Crippen molar-refractivity contribution in [3.8, 4) is 0 Å². The van der Waals surface area contributed by atoms with Crippen LogP contribution in [0.3, 0.4) is 0 Å². The van der Waals surface area contributed by atoms with Crippen molar-refractivity contribution in [2.75, 3.05) is 13.1 Å². The zero-order chi connectivity index (χ0) is 6.04. The molecule has 1 rings (SSSR count). The molecule has 1 heterocycles. The summed E-state index contributed by atoms with van der Waals surface area (Å²) in [7, 11) is 6.17. The number of halogens is 1. The molecule has 0 unspecified atom stereocenters. The molecule has 0 bridgehead atoms. The first-order chi connectivity index (χ1) is 3.77. The van der Waals surface area contributed by atoms with Gasteiger partial charge in [0, 0.05) is 0 Å². The summed E-state index contributed by atoms with van der Waals surface area (Å²) in [5.74, 6) is 0. The first kappa shape index (κ1) is 7.25. The number of nitrogens with one attached hydrogen (secondary N) is 2. The summed E-state index contributed by atoms with van der Waals surface area (Å²) in [6.45, 7) is 4.34. The molecule has 2 N–H and O–H groups in total. The summed E-state index contributed by atoms with van der Waals surface area (Å²) >= 11 is -2.50. The fraction of sp³-hybridized carbons (Fsp3) is 1.00. The van der Waals surface area contributed by atoms with Crippen molar-refractivity contribution in [2.45, 2.75) is 10.9 Å². The molecule has 0 spiro atoms. The minimum atomic E-state index is -2.50. The molecule has 0 aromatic carbocycles. The Morgan fingerprint density at radius 3 is 2.25 bits per heavy atom. The molecular formula is C4H11ClHgN2. The Labute approximate surface area is 59.0 Å². The van der Waals surface area contributed by atoms with Crippen LogP contribution in [0.2, 0.25) is 3.93 Å². The zero-order valence-electron chi connectivity index (χ0n) is 5.21. The van der Waals surface area contributed by atoms with Crippen LogP contribution in [0, 0.1) is 0 Å². The van der Waals surface area contributed by atoms with Crippen molar-refractivity contribution in [2.24, 2.45) is 0 Å². The Bertz CT molecular complexity index is 82.1. The molecule has 0 aliphatic carbocycles. The molecule has 1 saturated heterocycles. The second-order valence-electron chi connectivity index (χ2n) is 2.63. The fourth-order valence-electron chi connectivity index (χ4n) is 1.18. The van der Waals surface area contributed by atoms with E-state index in [9.17, 15) is 0 Å². The Morgan fingerprint density at radius 1 is 1.50 bits per heavy atom. The molecule has 0 atom stereocenters. The quantitative estimate of drug-likeness (QED) is 0.696. The molecule has 1 fully saturated rings. The standard InChI is InChI=1S/C2H6N2.C2H5.ClH.Hg/c3-1-2-4;1-2;;/h3-4H,1-2H2;1H2,2H3;1H;/q-2;;;+3/p-1. The first-order valence-electron chi connectivity index (χ1n) is 3.39. The predicted octanol–water partition coefficient (Wildman–Crippen LogP) is 0.755. The zero-order valence-corrected chi connectivity index (χ0v) is 11.5. The van der Waals surface area contributed by atoms with Gasteiger partial charge in [-0.2, -0.15) is 0 Å². The maximum atomic E-state index is 6.17. The van der Waals surface area contributed by atoms with E-state index in [4.69, 9.17) is 8.25 Å². The van der Waals surface area contributed by atoms with Crippen LogP contribution >= 0.6 is 8.25 Å². The van der Waals surface area contributed by atoms with Gasteiger partial charge in [0.2, 0.25) is 0 Å². The van der Waals surface area contributed by atoms with E-state index in [0.29, 0.717) is 0 Å². The van der Waals surface area contributed by atoms with Crippen LogP contribution in [-0.2, 0) is 20.8 Å². The Hall–Kier alpha value is 1.15. The Kier molecular flexibility index (Phi) is 2.56. The molecular weight excluding hydrogens is 312 g/mol. The molecule has 1 aliphatic rings. The van der Waals surface area contributed by atoms with E-state index >= 15 is 0 Å². The van der Waals surface area contributed by atoms with Gasteiger partial charge < -0.3 is 0 Å². The monoisotopic (exact) mass is 324 g/mol. The van der Waals surface area contributed by atoms with Crippen LogP contribution in [0.15, 0.2) is 0 Å². The van der Waals surface area contributed by atoms with Crippen molar-refractivity contribution < 1.29 is 20.8 Å². The van der Waals surface area contributed by atoms with E-state index in [-0.39, 0.29) is 0 Å². The van der Waals surface area contributed by atoms with E-state index < -0.39 is 20.8 Å². The van der Waals surface area contributed by atoms with Gasteiger partial charge >= 0.3 is 59.2 Å². The minimum absolute atomic E-state index is 1.09. The molecule has 0 saturated carbocycles. The number of rotatable bonds is 1. The third-order valence-corrected chi connectivity index (χ3v) is 22.9. The van der Waals surface area contributed by atoms with Crippen molar-refractivity contribution in [3.63, 3.8) is 0 Å². The van der Waals surface area contributed by atoms with Gasteiger partial charge in [-0.1, -0.05) is 0 Å². The average molecular weight is 323 g/mol. The number of hydrogen-bond donors (Lipinski definition) is 2. The molecule has 8 heavy (non-hydrogen) atoms. The molecule has 0 radical (unpaired) electrons. The maximum absolute atomic E-state index is 6.17. The van der Waals surface area contributed by atoms with Gasteiger partial charge in [0.15, 0.2) is 0 Å². The van der Waals surface area contributed by atoms with E-state index in [2.05, 4.69) is 13.1 Å². The van der Waals surface area contributed by atoms with Gasteiger partial charge in [0.25, 0.3) is 0 Å². The summed E-state index contributed by atoms with van der Waals surface area (Å²) in [6, 6.07) is 0. The fourth-order valence-corrected chi connectivity index (χ4v) is 12.7. The Morgan fingerprint density at radius 2 is 2.00 bits per heavy atom. The second kappa shape index (κ2) is 2.82. The van der Waals surface area contributed by atoms with Gasteiger partial charge in [-0.3, -0.25) is 0 Å². The molecule has 1 aliphatic heterocycles. The summed E-state index contributed by atoms with van der Waals surface area (Å²) < 4.78 is 7.91. The van der Waals surface area contributed by atoms with Gasteiger partial charge in [-0.15, -0.1) is 0 Å². The average Bonchev–Trinajstić information content (AvgIpc) is 2.17. The molecule has 0 amide bonds. The van der Waals surface area contributed by atoms with Crippen LogP contribution in [0.1, 0.15) is 6.92 Å². The van der Waals surface area contributed by atoms with Crippen LogP contribution in [0.25, 0.3) is 0 Å². The van der Waals surface area contributed by atoms with Crippen molar-refractivity contribution in [1.82, 2.24) is 6.16 Å². The van der Waals surface area contributed by atoms with Gasteiger partial charge in [0.05, 0.1) is 0 Å². The summed E-state index contributed by atoms with van der Waals surface area (Å²) in [5, 5.41) is 0. The van der Waals surface area contributed by atoms with Crippen molar-refractivity contribution in [3.05, 3.63) is 0 Å². The van der Waals surface area contributed by atoms with Gasteiger partial charge in [-0.25, -0.2) is 0 Å². The topological polar surface area (TPSA) is 24.1 Å². The third kappa shape index (κ3) is 1.56. The molecule has 0 aromatic rings. The summed E-state index contributed by atoms with van der Waals surface area (Å²) in [5.41, 5.74) is 0. The predicted molar refractivity (Wildman–Crippen MR) is 32.3 cm³/mol.